The van der Waals surface area contributed by atoms with Crippen molar-refractivity contribution in [3.63, 3.8) is 0 Å². The second-order valence-corrected chi connectivity index (χ2v) is 8.63. The Labute approximate surface area is 209 Å². The lowest BCUT2D eigenvalue weighted by atomic mass is 10.1. The van der Waals surface area contributed by atoms with Gasteiger partial charge in [-0.1, -0.05) is 6.07 Å². The van der Waals surface area contributed by atoms with E-state index >= 15 is 0 Å². The minimum atomic E-state index is -0.637. The van der Waals surface area contributed by atoms with Gasteiger partial charge in [0.25, 0.3) is 5.91 Å². The number of rotatable bonds is 8. The summed E-state index contributed by atoms with van der Waals surface area (Å²) in [4.78, 5) is 38.8. The number of carbonyl (C=O) groups is 3. The number of carbonyl (C=O) groups excluding carboxylic acids is 3. The highest BCUT2D eigenvalue weighted by Crippen LogP contribution is 2.29. The maximum Gasteiger partial charge on any atom is 0.311 e. The molecule has 3 aromatic rings. The first-order valence-corrected chi connectivity index (χ1v) is 11.6. The lowest BCUT2D eigenvalue weighted by molar-refractivity contribution is -0.151. The number of aryl methyl sites for hydroxylation is 2. The highest BCUT2D eigenvalue weighted by molar-refractivity contribution is 6.00. The molecule has 0 aromatic heterocycles. The SMILES string of the molecule is COc1ccc(Oc2ccc(N3C[C@H](C(=O)OCC(=O)Nc4ccc(C)c(C)c4)CC3=O)cc2)cc1. The molecule has 0 spiro atoms. The Morgan fingerprint density at radius 3 is 2.19 bits per heavy atom. The molecule has 1 N–H and O–H groups in total. The number of anilines is 2. The lowest BCUT2D eigenvalue weighted by Crippen LogP contribution is -2.28. The molecule has 0 unspecified atom stereocenters. The van der Waals surface area contributed by atoms with Gasteiger partial charge in [-0.25, -0.2) is 0 Å². The molecule has 1 heterocycles. The quantitative estimate of drug-likeness (QED) is 0.465. The predicted molar refractivity (Wildman–Crippen MR) is 135 cm³/mol. The summed E-state index contributed by atoms with van der Waals surface area (Å²) in [5.41, 5.74) is 3.47. The highest BCUT2D eigenvalue weighted by Gasteiger charge is 2.36. The maximum atomic E-state index is 12.6. The number of ether oxygens (including phenoxy) is 3. The van der Waals surface area contributed by atoms with Gasteiger partial charge >= 0.3 is 5.97 Å². The normalized spacial score (nSPS) is 14.9. The van der Waals surface area contributed by atoms with Gasteiger partial charge in [0.05, 0.1) is 13.0 Å². The minimum Gasteiger partial charge on any atom is -0.497 e. The van der Waals surface area contributed by atoms with Crippen molar-refractivity contribution in [1.29, 1.82) is 0 Å². The molecule has 1 aliphatic heterocycles. The van der Waals surface area contributed by atoms with Gasteiger partial charge in [-0.15, -0.1) is 0 Å². The highest BCUT2D eigenvalue weighted by atomic mass is 16.5. The number of nitrogens with one attached hydrogen (secondary N) is 1. The van der Waals surface area contributed by atoms with Crippen LogP contribution in [0.1, 0.15) is 17.5 Å². The van der Waals surface area contributed by atoms with E-state index in [4.69, 9.17) is 14.2 Å². The molecule has 4 rings (SSSR count). The number of hydrogen-bond donors (Lipinski definition) is 1. The molecule has 0 saturated carbocycles. The van der Waals surface area contributed by atoms with E-state index in [1.807, 2.05) is 26.0 Å². The first-order valence-electron chi connectivity index (χ1n) is 11.6. The number of nitrogens with zero attached hydrogens (tertiary/aromatic N) is 1. The Kier molecular flexibility index (Phi) is 7.53. The van der Waals surface area contributed by atoms with Crippen molar-refractivity contribution in [2.75, 3.05) is 30.5 Å². The van der Waals surface area contributed by atoms with Gasteiger partial charge in [0.2, 0.25) is 5.91 Å². The van der Waals surface area contributed by atoms with Crippen molar-refractivity contribution >= 4 is 29.2 Å². The van der Waals surface area contributed by atoms with Gasteiger partial charge in [0.15, 0.2) is 6.61 Å². The van der Waals surface area contributed by atoms with Gasteiger partial charge in [-0.05, 0) is 85.6 Å². The smallest absolute Gasteiger partial charge is 0.311 e. The van der Waals surface area contributed by atoms with Crippen LogP contribution >= 0.6 is 0 Å². The Balaban J connectivity index is 1.28. The number of amides is 2. The third-order valence-electron chi connectivity index (χ3n) is 6.04. The molecule has 0 bridgehead atoms. The van der Waals surface area contributed by atoms with Crippen molar-refractivity contribution in [2.45, 2.75) is 20.3 Å². The Bertz CT molecular complexity index is 1250. The number of benzene rings is 3. The van der Waals surface area contributed by atoms with E-state index in [-0.39, 0.29) is 18.9 Å². The van der Waals surface area contributed by atoms with E-state index in [2.05, 4.69) is 5.32 Å². The fourth-order valence-corrected chi connectivity index (χ4v) is 3.86. The van der Waals surface area contributed by atoms with Crippen LogP contribution in [0.15, 0.2) is 66.7 Å². The molecule has 8 heteroatoms. The van der Waals surface area contributed by atoms with Crippen molar-refractivity contribution < 1.29 is 28.6 Å². The molecule has 36 heavy (non-hydrogen) atoms. The number of hydrogen-bond acceptors (Lipinski definition) is 6. The summed E-state index contributed by atoms with van der Waals surface area (Å²) in [7, 11) is 1.60. The molecular weight excluding hydrogens is 460 g/mol. The standard InChI is InChI=1S/C28H28N2O6/c1-18-4-5-21(14-19(18)2)29-26(31)17-35-28(33)20-15-27(32)30(16-20)22-6-8-24(9-7-22)36-25-12-10-23(34-3)11-13-25/h4-14,20H,15-17H2,1-3H3,(H,29,31)/t20-/m1/s1. The third kappa shape index (κ3) is 6.02. The molecule has 0 aliphatic carbocycles. The molecule has 3 aromatic carbocycles. The summed E-state index contributed by atoms with van der Waals surface area (Å²) >= 11 is 0. The van der Waals surface area contributed by atoms with Crippen molar-refractivity contribution in [3.8, 4) is 17.2 Å². The first kappa shape index (κ1) is 24.8. The van der Waals surface area contributed by atoms with Crippen LogP contribution in [0.4, 0.5) is 11.4 Å². The topological polar surface area (TPSA) is 94.2 Å². The zero-order chi connectivity index (χ0) is 25.7. The number of methoxy groups -OCH3 is 1. The maximum absolute atomic E-state index is 12.6. The summed E-state index contributed by atoms with van der Waals surface area (Å²) in [5, 5.41) is 2.72. The van der Waals surface area contributed by atoms with Gasteiger partial charge in [0.1, 0.15) is 17.2 Å². The average molecular weight is 489 g/mol. The van der Waals surface area contributed by atoms with Crippen LogP contribution in [0, 0.1) is 19.8 Å². The Morgan fingerprint density at radius 2 is 1.56 bits per heavy atom. The lowest BCUT2D eigenvalue weighted by Gasteiger charge is -2.17. The fourth-order valence-electron chi connectivity index (χ4n) is 3.86. The monoisotopic (exact) mass is 488 g/mol. The summed E-state index contributed by atoms with van der Waals surface area (Å²) in [5.74, 6) is 0.190. The van der Waals surface area contributed by atoms with Crippen LogP contribution in [0.5, 0.6) is 17.2 Å². The second kappa shape index (κ2) is 10.9. The number of esters is 1. The van der Waals surface area contributed by atoms with E-state index in [0.717, 1.165) is 16.9 Å². The molecule has 186 valence electrons. The van der Waals surface area contributed by atoms with Gasteiger partial charge < -0.3 is 24.4 Å². The molecule has 0 radical (unpaired) electrons. The van der Waals surface area contributed by atoms with Crippen LogP contribution < -0.4 is 19.7 Å². The van der Waals surface area contributed by atoms with Crippen LogP contribution in [0.2, 0.25) is 0 Å². The summed E-state index contributed by atoms with van der Waals surface area (Å²) in [6.07, 6.45) is 0.0295. The van der Waals surface area contributed by atoms with Crippen LogP contribution in [0.3, 0.4) is 0 Å². The van der Waals surface area contributed by atoms with Crippen LogP contribution in [-0.4, -0.2) is 38.0 Å². The van der Waals surface area contributed by atoms with Crippen LogP contribution in [-0.2, 0) is 19.1 Å². The molecule has 1 aliphatic rings. The molecule has 8 nitrogen and oxygen atoms in total. The Morgan fingerprint density at radius 1 is 0.917 bits per heavy atom. The third-order valence-corrected chi connectivity index (χ3v) is 6.04. The van der Waals surface area contributed by atoms with Crippen molar-refractivity contribution in [1.82, 2.24) is 0 Å². The minimum absolute atomic E-state index is 0.0295. The average Bonchev–Trinajstić information content (AvgIpc) is 3.27. The van der Waals surface area contributed by atoms with E-state index in [1.54, 1.807) is 61.7 Å². The van der Waals surface area contributed by atoms with Gasteiger partial charge in [-0.2, -0.15) is 0 Å². The fraction of sp³-hybridized carbons (Fsp3) is 0.250. The van der Waals surface area contributed by atoms with Crippen LogP contribution in [0.25, 0.3) is 0 Å². The zero-order valence-electron chi connectivity index (χ0n) is 20.4. The molecule has 1 saturated heterocycles. The molecule has 1 fully saturated rings. The summed E-state index contributed by atoms with van der Waals surface area (Å²) < 4.78 is 16.1. The summed E-state index contributed by atoms with van der Waals surface area (Å²) in [6, 6.07) is 19.8. The predicted octanol–water partition coefficient (Wildman–Crippen LogP) is 4.64. The Hall–Kier alpha value is -4.33. The van der Waals surface area contributed by atoms with Crippen molar-refractivity contribution in [3.05, 3.63) is 77.9 Å². The summed E-state index contributed by atoms with van der Waals surface area (Å²) in [6.45, 7) is 3.72. The molecule has 2 amide bonds. The van der Waals surface area contributed by atoms with E-state index in [1.165, 1.54) is 4.90 Å². The van der Waals surface area contributed by atoms with E-state index in [0.29, 0.717) is 22.9 Å². The van der Waals surface area contributed by atoms with Crippen molar-refractivity contribution in [2.24, 2.45) is 5.92 Å². The van der Waals surface area contributed by atoms with E-state index < -0.39 is 24.4 Å². The van der Waals surface area contributed by atoms with E-state index in [9.17, 15) is 14.4 Å². The molecular formula is C28H28N2O6. The van der Waals surface area contributed by atoms with Gasteiger partial charge in [0, 0.05) is 24.3 Å². The zero-order valence-corrected chi connectivity index (χ0v) is 20.4. The molecule has 1 atom stereocenters. The largest absolute Gasteiger partial charge is 0.497 e. The van der Waals surface area contributed by atoms with Gasteiger partial charge in [-0.3, -0.25) is 14.4 Å². The second-order valence-electron chi connectivity index (χ2n) is 8.63. The first-order chi connectivity index (χ1) is 17.3.